The van der Waals surface area contributed by atoms with Crippen molar-refractivity contribution in [2.45, 2.75) is 71.6 Å². The van der Waals surface area contributed by atoms with Gasteiger partial charge in [0, 0.05) is 44.3 Å². The van der Waals surface area contributed by atoms with Gasteiger partial charge in [0.25, 0.3) is 0 Å². The van der Waals surface area contributed by atoms with Gasteiger partial charge in [-0.2, -0.15) is 0 Å². The molecule has 0 radical (unpaired) electrons. The molecule has 7 aromatic rings. The van der Waals surface area contributed by atoms with Gasteiger partial charge in [-0.15, -0.1) is 0 Å². The van der Waals surface area contributed by atoms with Gasteiger partial charge in [0.15, 0.2) is 0 Å². The Labute approximate surface area is 457 Å². The number of hydrogen-bond donors (Lipinski definition) is 2. The number of ether oxygens (including phenoxy) is 4. The molecule has 0 saturated carbocycles. The van der Waals surface area contributed by atoms with Crippen LogP contribution < -0.4 is 18.9 Å². The Hall–Kier alpha value is -7.40. The summed E-state index contributed by atoms with van der Waals surface area (Å²) in [5.41, 5.74) is 14.9. The van der Waals surface area contributed by atoms with Crippen molar-refractivity contribution in [3.8, 4) is 67.5 Å². The van der Waals surface area contributed by atoms with E-state index in [1.807, 2.05) is 12.1 Å². The van der Waals surface area contributed by atoms with Crippen LogP contribution in [0.15, 0.2) is 121 Å². The van der Waals surface area contributed by atoms with Crippen molar-refractivity contribution in [1.29, 1.82) is 0 Å². The molecular formula is C67H80N6O4+2. The maximum atomic E-state index is 6.43. The van der Waals surface area contributed by atoms with Crippen LogP contribution in [0.1, 0.15) is 94.4 Å². The second-order valence-electron chi connectivity index (χ2n) is 22.5. The third-order valence-corrected chi connectivity index (χ3v) is 14.1. The highest BCUT2D eigenvalue weighted by Gasteiger charge is 2.20. The van der Waals surface area contributed by atoms with Crippen molar-refractivity contribution in [2.75, 3.05) is 81.8 Å². The zero-order chi connectivity index (χ0) is 53.8. The van der Waals surface area contributed by atoms with Crippen molar-refractivity contribution < 1.29 is 27.9 Å². The summed E-state index contributed by atoms with van der Waals surface area (Å²) in [4.78, 5) is 19.0. The lowest BCUT2D eigenvalue weighted by atomic mass is 10.0. The molecule has 9 rings (SSSR count). The standard InChI is InChI=1S/C67H80N6O4/c1-9-11-12-13-14-15-16-17-43-75-52-28-24-48(25-29-52)64-56-32-36-60(68-56)66(50-20-18-22-54(46-50)74-42-10-2)61-37-33-58(69-61)65(49-26-30-53(31-27-49)76-44-40-72(3,4)5)59-35-39-63(71-59)67(62-38-34-57(64)70-62)51-21-19-23-55(47-51)77-45-41-73(6,7)8/h18-39,46-47,69-70H,9-17,40-45H2,1-8H3/q+2. The van der Waals surface area contributed by atoms with Crippen molar-refractivity contribution in [1.82, 2.24) is 19.9 Å². The van der Waals surface area contributed by atoms with Gasteiger partial charge in [-0.1, -0.05) is 107 Å². The van der Waals surface area contributed by atoms with Gasteiger partial charge in [0.05, 0.1) is 78.3 Å². The Balaban J connectivity index is 1.23. The molecule has 4 aromatic carbocycles. The molecule has 5 heterocycles. The minimum absolute atomic E-state index is 0.594. The number of H-pyrrole nitrogens is 2. The Morgan fingerprint density at radius 1 is 0.351 bits per heavy atom. The van der Waals surface area contributed by atoms with Crippen LogP contribution in [0.4, 0.5) is 0 Å². The Kier molecular flexibility index (Phi) is 17.8. The normalized spacial score (nSPS) is 12.3. The summed E-state index contributed by atoms with van der Waals surface area (Å²) >= 11 is 0. The number of aromatic amines is 2. The van der Waals surface area contributed by atoms with Gasteiger partial charge in [-0.3, -0.25) is 0 Å². The minimum atomic E-state index is 0.594. The number of rotatable bonds is 25. The van der Waals surface area contributed by atoms with Gasteiger partial charge in [0.2, 0.25) is 0 Å². The summed E-state index contributed by atoms with van der Waals surface area (Å²) in [6.45, 7) is 8.72. The van der Waals surface area contributed by atoms with E-state index in [1.54, 1.807) is 0 Å². The van der Waals surface area contributed by atoms with Gasteiger partial charge in [-0.05, 0) is 132 Å². The number of nitrogens with zero attached hydrogens (tertiary/aromatic N) is 4. The molecule has 3 aromatic heterocycles. The Bertz CT molecular complexity index is 3330. The van der Waals surface area contributed by atoms with Crippen molar-refractivity contribution in [2.24, 2.45) is 0 Å². The molecule has 0 saturated heterocycles. The SMILES string of the molecule is CCCCCCCCCCOc1ccc(-c2c3nc(c(-c4cccc(OCCC)c4)c4ccc([nH]4)c(-c4ccc(OCC[N+](C)(C)C)cc4)c4nc(c(-c5cccc(OCC[N+](C)(C)C)c5)c5ccc2[nH]5)C=C4)C=C3)cc1. The molecule has 0 amide bonds. The molecule has 77 heavy (non-hydrogen) atoms. The number of benzene rings is 4. The van der Waals surface area contributed by atoms with E-state index in [0.29, 0.717) is 26.4 Å². The summed E-state index contributed by atoms with van der Waals surface area (Å²) in [7, 11) is 13.1. The number of hydrogen-bond acceptors (Lipinski definition) is 6. The molecule has 10 heteroatoms. The van der Waals surface area contributed by atoms with Crippen LogP contribution in [-0.4, -0.2) is 111 Å². The number of fused-ring (bicyclic) bond motifs is 8. The van der Waals surface area contributed by atoms with E-state index >= 15 is 0 Å². The highest BCUT2D eigenvalue weighted by Crippen LogP contribution is 2.40. The van der Waals surface area contributed by atoms with Crippen LogP contribution in [-0.2, 0) is 0 Å². The van der Waals surface area contributed by atoms with Crippen LogP contribution >= 0.6 is 0 Å². The third kappa shape index (κ3) is 14.4. The fourth-order valence-electron chi connectivity index (χ4n) is 9.86. The first kappa shape index (κ1) is 54.4. The van der Waals surface area contributed by atoms with Crippen LogP contribution in [0.3, 0.4) is 0 Å². The fourth-order valence-corrected chi connectivity index (χ4v) is 9.86. The highest BCUT2D eigenvalue weighted by molar-refractivity contribution is 6.00. The average molecular weight is 1030 g/mol. The summed E-state index contributed by atoms with van der Waals surface area (Å²) in [5.74, 6) is 3.32. The van der Waals surface area contributed by atoms with Crippen molar-refractivity contribution in [3.05, 3.63) is 144 Å². The molecule has 2 aliphatic rings. The van der Waals surface area contributed by atoms with E-state index in [-0.39, 0.29) is 0 Å². The molecule has 0 atom stereocenters. The first-order chi connectivity index (χ1) is 37.3. The maximum Gasteiger partial charge on any atom is 0.137 e. The van der Waals surface area contributed by atoms with Gasteiger partial charge in [-0.25, -0.2) is 9.97 Å². The second kappa shape index (κ2) is 25.2. The van der Waals surface area contributed by atoms with Crippen molar-refractivity contribution >= 4 is 46.4 Å². The summed E-state index contributed by atoms with van der Waals surface area (Å²) in [6.07, 6.45) is 19.6. The molecule has 0 aliphatic carbocycles. The monoisotopic (exact) mass is 1030 g/mol. The number of likely N-dealkylation sites (N-methyl/N-ethyl adjacent to an activating group) is 2. The van der Waals surface area contributed by atoms with Crippen LogP contribution in [0, 0.1) is 0 Å². The van der Waals surface area contributed by atoms with E-state index in [9.17, 15) is 0 Å². The molecule has 8 bridgehead atoms. The molecular weight excluding hydrogens is 953 g/mol. The number of aromatic nitrogens is 4. The highest BCUT2D eigenvalue weighted by atomic mass is 16.5. The Morgan fingerprint density at radius 3 is 1.12 bits per heavy atom. The lowest BCUT2D eigenvalue weighted by Crippen LogP contribution is -2.38. The van der Waals surface area contributed by atoms with E-state index in [0.717, 1.165) is 147 Å². The Morgan fingerprint density at radius 2 is 0.714 bits per heavy atom. The number of unbranched alkanes of at least 4 members (excludes halogenated alkanes) is 7. The van der Waals surface area contributed by atoms with E-state index in [2.05, 4.69) is 200 Å². The lowest BCUT2D eigenvalue weighted by Gasteiger charge is -2.23. The first-order valence-corrected chi connectivity index (χ1v) is 28.0. The van der Waals surface area contributed by atoms with Crippen molar-refractivity contribution in [3.63, 3.8) is 0 Å². The smallest absolute Gasteiger partial charge is 0.137 e. The van der Waals surface area contributed by atoms with E-state index < -0.39 is 0 Å². The molecule has 0 unspecified atom stereocenters. The molecule has 2 aliphatic heterocycles. The van der Waals surface area contributed by atoms with E-state index in [1.165, 1.54) is 44.9 Å². The zero-order valence-electron chi connectivity index (χ0n) is 46.9. The summed E-state index contributed by atoms with van der Waals surface area (Å²) < 4.78 is 26.9. The quantitative estimate of drug-likeness (QED) is 0.0437. The summed E-state index contributed by atoms with van der Waals surface area (Å²) in [5, 5.41) is 0. The minimum Gasteiger partial charge on any atom is -0.494 e. The molecule has 10 nitrogen and oxygen atoms in total. The topological polar surface area (TPSA) is 94.3 Å². The maximum absolute atomic E-state index is 6.43. The fraction of sp³-hybridized carbons (Fsp3) is 0.343. The number of nitrogens with one attached hydrogen (secondary N) is 2. The van der Waals surface area contributed by atoms with Gasteiger partial charge in [0.1, 0.15) is 49.3 Å². The average Bonchev–Trinajstić information content (AvgIpc) is 4.29. The molecule has 0 spiro atoms. The predicted molar refractivity (Wildman–Crippen MR) is 321 cm³/mol. The van der Waals surface area contributed by atoms with Gasteiger partial charge >= 0.3 is 0 Å². The molecule has 2 N–H and O–H groups in total. The zero-order valence-corrected chi connectivity index (χ0v) is 46.9. The predicted octanol–water partition coefficient (Wildman–Crippen LogP) is 15.8. The number of quaternary nitrogens is 2. The lowest BCUT2D eigenvalue weighted by molar-refractivity contribution is -0.870. The van der Waals surface area contributed by atoms with Crippen LogP contribution in [0.25, 0.3) is 90.9 Å². The van der Waals surface area contributed by atoms with Crippen LogP contribution in [0.2, 0.25) is 0 Å². The van der Waals surface area contributed by atoms with Crippen LogP contribution in [0.5, 0.6) is 23.0 Å². The van der Waals surface area contributed by atoms with Gasteiger partial charge < -0.3 is 37.9 Å². The third-order valence-electron chi connectivity index (χ3n) is 14.1. The van der Waals surface area contributed by atoms with E-state index in [4.69, 9.17) is 28.9 Å². The first-order valence-electron chi connectivity index (χ1n) is 28.0. The molecule has 400 valence electrons. The summed E-state index contributed by atoms with van der Waals surface area (Å²) in [6, 6.07) is 42.4. The molecule has 0 fully saturated rings. The second-order valence-corrected chi connectivity index (χ2v) is 22.5. The largest absolute Gasteiger partial charge is 0.494 e.